The molecule has 7 nitrogen and oxygen atoms in total. The molecule has 0 spiro atoms. The normalized spacial score (nSPS) is 12.3. The molecule has 5 N–H and O–H groups in total. The summed E-state index contributed by atoms with van der Waals surface area (Å²) < 4.78 is 0. The minimum absolute atomic E-state index is 0.169. The maximum atomic E-state index is 12.2. The van der Waals surface area contributed by atoms with E-state index in [1.54, 1.807) is 12.1 Å². The second kappa shape index (κ2) is 14.1. The van der Waals surface area contributed by atoms with Gasteiger partial charge in [-0.3, -0.25) is 9.59 Å². The topological polar surface area (TPSA) is 138 Å². The van der Waals surface area contributed by atoms with Gasteiger partial charge in [-0.1, -0.05) is 103 Å². The highest BCUT2D eigenvalue weighted by molar-refractivity contribution is 7.80. The monoisotopic (exact) mass is 557 g/mol. The van der Waals surface area contributed by atoms with E-state index < -0.39 is 35.3 Å². The van der Waals surface area contributed by atoms with E-state index in [-0.39, 0.29) is 17.7 Å². The molecule has 206 valence electrons. The van der Waals surface area contributed by atoms with Gasteiger partial charge in [-0.2, -0.15) is 12.6 Å². The molecule has 0 aliphatic rings. The van der Waals surface area contributed by atoms with E-state index in [4.69, 9.17) is 15.9 Å². The van der Waals surface area contributed by atoms with E-state index in [1.165, 1.54) is 12.1 Å². The van der Waals surface area contributed by atoms with Crippen LogP contribution in [0.15, 0.2) is 115 Å². The van der Waals surface area contributed by atoms with Crippen molar-refractivity contribution in [2.45, 2.75) is 17.9 Å². The number of hydrogen-bond acceptors (Lipinski definition) is 5. The van der Waals surface area contributed by atoms with Gasteiger partial charge in [-0.25, -0.2) is 4.79 Å². The third kappa shape index (κ3) is 6.97. The molecule has 4 aromatic rings. The lowest BCUT2D eigenvalue weighted by Crippen LogP contribution is -2.43. The van der Waals surface area contributed by atoms with Crippen LogP contribution in [-0.2, 0) is 21.4 Å². The molecule has 0 saturated heterocycles. The zero-order valence-corrected chi connectivity index (χ0v) is 22.5. The number of aromatic carboxylic acids is 1. The second-order valence-electron chi connectivity index (χ2n) is 9.13. The van der Waals surface area contributed by atoms with Crippen molar-refractivity contribution in [3.8, 4) is 0 Å². The maximum absolute atomic E-state index is 12.2. The van der Waals surface area contributed by atoms with E-state index in [0.29, 0.717) is 5.56 Å². The van der Waals surface area contributed by atoms with Crippen molar-refractivity contribution < 1.29 is 29.7 Å². The largest absolute Gasteiger partial charge is 0.481 e. The highest BCUT2D eigenvalue weighted by Crippen LogP contribution is 2.45. The van der Waals surface area contributed by atoms with Gasteiger partial charge in [-0.05, 0) is 40.8 Å². The predicted octanol–water partition coefficient (Wildman–Crippen LogP) is 4.99. The first-order chi connectivity index (χ1) is 19.2. The summed E-state index contributed by atoms with van der Waals surface area (Å²) in [6.07, 6.45) is 0.190. The number of aliphatic carboxylic acids is 2. The van der Waals surface area contributed by atoms with Crippen LogP contribution in [0.5, 0.6) is 0 Å². The molecule has 0 radical (unpaired) electrons. The first-order valence-corrected chi connectivity index (χ1v) is 13.2. The van der Waals surface area contributed by atoms with E-state index in [2.05, 4.69) is 12.6 Å². The summed E-state index contributed by atoms with van der Waals surface area (Å²) in [5.74, 6) is -3.41. The summed E-state index contributed by atoms with van der Waals surface area (Å²) in [6.45, 7) is 0. The number of carboxylic acids is 3. The summed E-state index contributed by atoms with van der Waals surface area (Å²) in [5.41, 5.74) is 8.25. The van der Waals surface area contributed by atoms with Gasteiger partial charge in [-0.15, -0.1) is 0 Å². The number of carboxylic acid groups (broad SMARTS) is 3. The highest BCUT2D eigenvalue weighted by Gasteiger charge is 2.46. The predicted molar refractivity (Wildman–Crippen MR) is 157 cm³/mol. The minimum atomic E-state index is -1.07. The van der Waals surface area contributed by atoms with E-state index in [1.807, 2.05) is 91.0 Å². The molecule has 4 rings (SSSR count). The Bertz CT molecular complexity index is 1300. The van der Waals surface area contributed by atoms with Crippen molar-refractivity contribution in [2.24, 2.45) is 11.7 Å². The second-order valence-corrected chi connectivity index (χ2v) is 9.50. The van der Waals surface area contributed by atoms with Crippen LogP contribution in [0.25, 0.3) is 0 Å². The van der Waals surface area contributed by atoms with Gasteiger partial charge in [0.15, 0.2) is 0 Å². The molecule has 2 atom stereocenters. The summed E-state index contributed by atoms with van der Waals surface area (Å²) in [5, 5.41) is 27.2. The first kappa shape index (κ1) is 30.1. The lowest BCUT2D eigenvalue weighted by atomic mass is 9.62. The smallest absolute Gasteiger partial charge is 0.335 e. The van der Waals surface area contributed by atoms with Gasteiger partial charge in [0.1, 0.15) is 6.04 Å². The number of hydrogen-bond donors (Lipinski definition) is 5. The third-order valence-electron chi connectivity index (χ3n) is 6.66. The van der Waals surface area contributed by atoms with Gasteiger partial charge >= 0.3 is 17.9 Å². The van der Waals surface area contributed by atoms with Gasteiger partial charge in [0.25, 0.3) is 0 Å². The molecule has 0 fully saturated rings. The molecule has 0 aliphatic heterocycles. The molecule has 0 saturated carbocycles. The van der Waals surface area contributed by atoms with Gasteiger partial charge in [0.2, 0.25) is 0 Å². The molecular formula is C32H31NO6S. The lowest BCUT2D eigenvalue weighted by Gasteiger charge is -2.40. The summed E-state index contributed by atoms with van der Waals surface area (Å²) in [4.78, 5) is 33.2. The van der Waals surface area contributed by atoms with Crippen LogP contribution in [0, 0.1) is 5.92 Å². The Kier molecular flexibility index (Phi) is 10.6. The Balaban J connectivity index is 0.000000252. The standard InChI is InChI=1S/C22H20O2S.C10H11NO4/c23-21(24)20(16-25)22(17-10-4-1-5-11-17,18-12-6-2-7-13-18)19-14-8-3-9-15-19;11-8(10(14)15)5-6-1-3-7(4-2-6)9(12)13/h1-15,20,25H,16H2,(H,23,24);1-4,8H,5,11H2,(H,12,13)(H,14,15)/t20-;/m1./s1. The zero-order chi connectivity index (χ0) is 29.1. The van der Waals surface area contributed by atoms with Crippen molar-refractivity contribution in [3.63, 3.8) is 0 Å². The number of rotatable bonds is 10. The quantitative estimate of drug-likeness (QED) is 0.137. The van der Waals surface area contributed by atoms with Crippen LogP contribution in [0.1, 0.15) is 32.6 Å². The highest BCUT2D eigenvalue weighted by atomic mass is 32.1. The zero-order valence-electron chi connectivity index (χ0n) is 21.6. The van der Waals surface area contributed by atoms with Crippen LogP contribution in [0.2, 0.25) is 0 Å². The molecule has 0 aliphatic carbocycles. The van der Waals surface area contributed by atoms with Crippen LogP contribution < -0.4 is 5.73 Å². The van der Waals surface area contributed by atoms with Crippen molar-refractivity contribution in [3.05, 3.63) is 143 Å². The van der Waals surface area contributed by atoms with Crippen LogP contribution in [0.4, 0.5) is 0 Å². The first-order valence-electron chi connectivity index (χ1n) is 12.5. The van der Waals surface area contributed by atoms with Crippen molar-refractivity contribution in [2.75, 3.05) is 5.75 Å². The summed E-state index contributed by atoms with van der Waals surface area (Å²) >= 11 is 4.42. The average Bonchev–Trinajstić information content (AvgIpc) is 2.97. The molecule has 0 amide bonds. The summed E-state index contributed by atoms with van der Waals surface area (Å²) in [7, 11) is 0. The minimum Gasteiger partial charge on any atom is -0.481 e. The number of thiol groups is 1. The molecule has 1 unspecified atom stereocenters. The van der Waals surface area contributed by atoms with E-state index >= 15 is 0 Å². The van der Waals surface area contributed by atoms with Crippen LogP contribution >= 0.6 is 12.6 Å². The van der Waals surface area contributed by atoms with E-state index in [9.17, 15) is 19.5 Å². The fraction of sp³-hybridized carbons (Fsp3) is 0.156. The van der Waals surface area contributed by atoms with Gasteiger partial charge in [0, 0.05) is 5.75 Å². The fourth-order valence-electron chi connectivity index (χ4n) is 4.73. The molecule has 0 bridgehead atoms. The molecule has 8 heteroatoms. The lowest BCUT2D eigenvalue weighted by molar-refractivity contribution is -0.142. The number of carbonyl (C=O) groups is 3. The average molecular weight is 558 g/mol. The third-order valence-corrected chi connectivity index (χ3v) is 7.03. The maximum Gasteiger partial charge on any atom is 0.335 e. The Morgan fingerprint density at radius 1 is 0.650 bits per heavy atom. The molecule has 4 aromatic carbocycles. The van der Waals surface area contributed by atoms with Crippen molar-refractivity contribution in [1.29, 1.82) is 0 Å². The number of benzene rings is 4. The van der Waals surface area contributed by atoms with Gasteiger partial charge in [0.05, 0.1) is 16.9 Å². The Morgan fingerprint density at radius 2 is 1.05 bits per heavy atom. The Hall–Kier alpha value is -4.40. The Morgan fingerprint density at radius 3 is 1.35 bits per heavy atom. The van der Waals surface area contributed by atoms with E-state index in [0.717, 1.165) is 16.7 Å². The van der Waals surface area contributed by atoms with Crippen molar-refractivity contribution in [1.82, 2.24) is 0 Å². The molecule has 0 aromatic heterocycles. The van der Waals surface area contributed by atoms with Crippen LogP contribution in [-0.4, -0.2) is 45.0 Å². The number of nitrogens with two attached hydrogens (primary N) is 1. The fourth-order valence-corrected chi connectivity index (χ4v) is 5.16. The molecule has 40 heavy (non-hydrogen) atoms. The van der Waals surface area contributed by atoms with Gasteiger partial charge < -0.3 is 21.1 Å². The van der Waals surface area contributed by atoms with Crippen LogP contribution in [0.3, 0.4) is 0 Å². The van der Waals surface area contributed by atoms with Crippen molar-refractivity contribution >= 4 is 30.5 Å². The molecular weight excluding hydrogens is 526 g/mol. The summed E-state index contributed by atoms with van der Waals surface area (Å²) in [6, 6.07) is 34.6. The molecule has 0 heterocycles. The Labute approximate surface area is 238 Å². The SMILES string of the molecule is NC(Cc1ccc(C(=O)O)cc1)C(=O)O.O=C(O)[C@@H](CS)C(c1ccccc1)(c1ccccc1)c1ccccc1.